The lowest BCUT2D eigenvalue weighted by molar-refractivity contribution is -0.120. The van der Waals surface area contributed by atoms with Gasteiger partial charge in [-0.3, -0.25) is 4.79 Å². The molecule has 25 heavy (non-hydrogen) atoms. The van der Waals surface area contributed by atoms with Crippen molar-refractivity contribution in [2.45, 2.75) is 19.8 Å². The molecule has 1 N–H and O–H groups in total. The fourth-order valence-corrected chi connectivity index (χ4v) is 3.32. The monoisotopic (exact) mass is 404 g/mol. The lowest BCUT2D eigenvalue weighted by Crippen LogP contribution is -2.41. The Kier molecular flexibility index (Phi) is 5.53. The number of anilines is 2. The molecule has 1 aliphatic heterocycles. The zero-order chi connectivity index (χ0) is 17.8. The highest BCUT2D eigenvalue weighted by molar-refractivity contribution is 9.10. The Morgan fingerprint density at radius 3 is 2.92 bits per heavy atom. The summed E-state index contributed by atoms with van der Waals surface area (Å²) in [6, 6.07) is 9.42. The fourth-order valence-electron chi connectivity index (χ4n) is 2.94. The topological polar surface area (TPSA) is 67.3 Å². The summed E-state index contributed by atoms with van der Waals surface area (Å²) in [4.78, 5) is 23.6. The van der Waals surface area contributed by atoms with E-state index in [2.05, 4.69) is 36.1 Å². The summed E-state index contributed by atoms with van der Waals surface area (Å²) in [7, 11) is 1.59. The van der Waals surface area contributed by atoms with Crippen LogP contribution in [-0.2, 0) is 4.79 Å². The number of methoxy groups -OCH3 is 1. The van der Waals surface area contributed by atoms with E-state index in [9.17, 15) is 4.79 Å². The lowest BCUT2D eigenvalue weighted by atomic mass is 9.97. The molecule has 132 valence electrons. The number of hydrogen-bond donors (Lipinski definition) is 1. The van der Waals surface area contributed by atoms with Crippen LogP contribution in [0.3, 0.4) is 0 Å². The van der Waals surface area contributed by atoms with E-state index in [4.69, 9.17) is 4.74 Å². The Morgan fingerprint density at radius 2 is 2.16 bits per heavy atom. The van der Waals surface area contributed by atoms with E-state index < -0.39 is 0 Å². The first-order valence-electron chi connectivity index (χ1n) is 8.27. The molecule has 6 nitrogen and oxygen atoms in total. The van der Waals surface area contributed by atoms with Gasteiger partial charge in [0.25, 0.3) is 0 Å². The number of aryl methyl sites for hydroxylation is 1. The Bertz CT molecular complexity index is 768. The number of para-hydroxylation sites is 1. The van der Waals surface area contributed by atoms with Crippen LogP contribution < -0.4 is 15.0 Å². The summed E-state index contributed by atoms with van der Waals surface area (Å²) in [6.45, 7) is 3.35. The van der Waals surface area contributed by atoms with Crippen LogP contribution in [0.1, 0.15) is 18.5 Å². The van der Waals surface area contributed by atoms with Crippen molar-refractivity contribution in [3.8, 4) is 5.88 Å². The van der Waals surface area contributed by atoms with E-state index in [1.807, 2.05) is 31.2 Å². The summed E-state index contributed by atoms with van der Waals surface area (Å²) in [5.74, 6) is 1.09. The van der Waals surface area contributed by atoms with Gasteiger partial charge in [-0.25, -0.2) is 4.98 Å². The standard InChI is InChI=1S/C18H21BrN4O2/c1-12-10-16(25-2)22-18(20-12)23-9-5-6-13(11-23)17(24)21-15-8-4-3-7-14(15)19/h3-4,7-8,10,13H,5-6,9,11H2,1-2H3,(H,21,24)/t13-/m1/s1. The van der Waals surface area contributed by atoms with Gasteiger partial charge in [-0.1, -0.05) is 12.1 Å². The molecular formula is C18H21BrN4O2. The second-order valence-electron chi connectivity index (χ2n) is 6.11. The number of halogens is 1. The Hall–Kier alpha value is -2.15. The van der Waals surface area contributed by atoms with Crippen LogP contribution in [0, 0.1) is 12.8 Å². The number of nitrogens with zero attached hydrogens (tertiary/aromatic N) is 3. The molecule has 0 unspecified atom stereocenters. The third-order valence-electron chi connectivity index (χ3n) is 4.23. The molecule has 0 spiro atoms. The van der Waals surface area contributed by atoms with Gasteiger partial charge < -0.3 is 15.0 Å². The molecule has 1 amide bonds. The average Bonchev–Trinajstić information content (AvgIpc) is 2.63. The van der Waals surface area contributed by atoms with E-state index in [0.717, 1.165) is 35.2 Å². The predicted molar refractivity (Wildman–Crippen MR) is 101 cm³/mol. The number of hydrogen-bond acceptors (Lipinski definition) is 5. The van der Waals surface area contributed by atoms with Crippen LogP contribution in [-0.4, -0.2) is 36.1 Å². The number of piperidine rings is 1. The average molecular weight is 405 g/mol. The Morgan fingerprint density at radius 1 is 1.36 bits per heavy atom. The third kappa shape index (κ3) is 4.28. The van der Waals surface area contributed by atoms with Crippen LogP contribution in [0.5, 0.6) is 5.88 Å². The van der Waals surface area contributed by atoms with E-state index >= 15 is 0 Å². The minimum atomic E-state index is -0.101. The summed E-state index contributed by atoms with van der Waals surface area (Å²) < 4.78 is 6.11. The van der Waals surface area contributed by atoms with Gasteiger partial charge in [0.1, 0.15) is 0 Å². The maximum absolute atomic E-state index is 12.7. The van der Waals surface area contributed by atoms with Gasteiger partial charge in [-0.2, -0.15) is 4.98 Å². The lowest BCUT2D eigenvalue weighted by Gasteiger charge is -2.32. The molecule has 1 aromatic carbocycles. The van der Waals surface area contributed by atoms with E-state index in [-0.39, 0.29) is 11.8 Å². The molecule has 1 aromatic heterocycles. The number of benzene rings is 1. The second kappa shape index (κ2) is 7.82. The number of nitrogens with one attached hydrogen (secondary N) is 1. The number of rotatable bonds is 4. The summed E-state index contributed by atoms with van der Waals surface area (Å²) in [5, 5.41) is 3.01. The number of carbonyl (C=O) groups excluding carboxylic acids is 1. The van der Waals surface area contributed by atoms with Gasteiger partial charge in [0, 0.05) is 29.3 Å². The highest BCUT2D eigenvalue weighted by Crippen LogP contribution is 2.26. The molecule has 1 atom stereocenters. The quantitative estimate of drug-likeness (QED) is 0.845. The van der Waals surface area contributed by atoms with Gasteiger partial charge in [-0.05, 0) is 47.8 Å². The van der Waals surface area contributed by atoms with Gasteiger partial charge in [-0.15, -0.1) is 0 Å². The highest BCUT2D eigenvalue weighted by atomic mass is 79.9. The maximum atomic E-state index is 12.7. The van der Waals surface area contributed by atoms with Crippen LogP contribution >= 0.6 is 15.9 Å². The predicted octanol–water partition coefficient (Wildman–Crippen LogP) is 3.41. The first-order valence-corrected chi connectivity index (χ1v) is 9.06. The van der Waals surface area contributed by atoms with Crippen LogP contribution in [0.2, 0.25) is 0 Å². The van der Waals surface area contributed by atoms with Crippen molar-refractivity contribution in [2.24, 2.45) is 5.92 Å². The molecule has 2 aromatic rings. The minimum Gasteiger partial charge on any atom is -0.481 e. The molecule has 7 heteroatoms. The zero-order valence-electron chi connectivity index (χ0n) is 14.3. The van der Waals surface area contributed by atoms with Gasteiger partial charge >= 0.3 is 0 Å². The van der Waals surface area contributed by atoms with Gasteiger partial charge in [0.05, 0.1) is 18.7 Å². The van der Waals surface area contributed by atoms with Gasteiger partial charge in [0.2, 0.25) is 17.7 Å². The third-order valence-corrected chi connectivity index (χ3v) is 4.93. The summed E-state index contributed by atoms with van der Waals surface area (Å²) >= 11 is 3.46. The zero-order valence-corrected chi connectivity index (χ0v) is 15.9. The van der Waals surface area contributed by atoms with Crippen molar-refractivity contribution in [1.29, 1.82) is 0 Å². The molecule has 1 saturated heterocycles. The molecule has 0 saturated carbocycles. The van der Waals surface area contributed by atoms with Crippen molar-refractivity contribution in [3.05, 3.63) is 40.5 Å². The first-order chi connectivity index (χ1) is 12.1. The van der Waals surface area contributed by atoms with Crippen LogP contribution in [0.25, 0.3) is 0 Å². The van der Waals surface area contributed by atoms with Crippen LogP contribution in [0.15, 0.2) is 34.8 Å². The largest absolute Gasteiger partial charge is 0.481 e. The molecule has 1 fully saturated rings. The smallest absolute Gasteiger partial charge is 0.229 e. The number of amides is 1. The Balaban J connectivity index is 1.71. The maximum Gasteiger partial charge on any atom is 0.229 e. The molecule has 1 aliphatic rings. The highest BCUT2D eigenvalue weighted by Gasteiger charge is 2.27. The Labute approximate surface area is 155 Å². The molecule has 0 bridgehead atoms. The van der Waals surface area contributed by atoms with Crippen molar-refractivity contribution in [2.75, 3.05) is 30.4 Å². The van der Waals surface area contributed by atoms with Gasteiger partial charge in [0.15, 0.2) is 0 Å². The number of ether oxygens (including phenoxy) is 1. The van der Waals surface area contributed by atoms with E-state index in [1.54, 1.807) is 13.2 Å². The molecular weight excluding hydrogens is 384 g/mol. The first kappa shape index (κ1) is 17.7. The van der Waals surface area contributed by atoms with Crippen molar-refractivity contribution in [3.63, 3.8) is 0 Å². The van der Waals surface area contributed by atoms with E-state index in [1.165, 1.54) is 0 Å². The van der Waals surface area contributed by atoms with Crippen molar-refractivity contribution in [1.82, 2.24) is 9.97 Å². The number of aromatic nitrogens is 2. The SMILES string of the molecule is COc1cc(C)nc(N2CCC[C@@H](C(=O)Nc3ccccc3Br)C2)n1. The summed E-state index contributed by atoms with van der Waals surface area (Å²) in [6.07, 6.45) is 1.78. The normalized spacial score (nSPS) is 17.2. The number of carbonyl (C=O) groups is 1. The molecule has 0 radical (unpaired) electrons. The van der Waals surface area contributed by atoms with Crippen molar-refractivity contribution < 1.29 is 9.53 Å². The summed E-state index contributed by atoms with van der Waals surface area (Å²) in [5.41, 5.74) is 1.64. The molecule has 0 aliphatic carbocycles. The second-order valence-corrected chi connectivity index (χ2v) is 6.96. The van der Waals surface area contributed by atoms with Crippen LogP contribution in [0.4, 0.5) is 11.6 Å². The molecule has 2 heterocycles. The van der Waals surface area contributed by atoms with Crippen molar-refractivity contribution >= 4 is 33.5 Å². The van der Waals surface area contributed by atoms with E-state index in [0.29, 0.717) is 18.4 Å². The molecule has 3 rings (SSSR count). The fraction of sp³-hybridized carbons (Fsp3) is 0.389. The minimum absolute atomic E-state index is 0.0243.